The monoisotopic (exact) mass is 391 g/mol. The predicted octanol–water partition coefficient (Wildman–Crippen LogP) is 2.18. The highest BCUT2D eigenvalue weighted by Gasteiger charge is 2.27. The van der Waals surface area contributed by atoms with Crippen molar-refractivity contribution >= 4 is 0 Å². The molecular formula is C21H27F2N3O2. The number of piperazine rings is 1. The minimum atomic E-state index is -0.503. The fraction of sp³-hybridized carbons (Fsp3) is 0.429. The summed E-state index contributed by atoms with van der Waals surface area (Å²) >= 11 is 0. The molecule has 1 aliphatic heterocycles. The Balaban J connectivity index is 1.70. The predicted molar refractivity (Wildman–Crippen MR) is 104 cm³/mol. The van der Waals surface area contributed by atoms with Gasteiger partial charge in [-0.2, -0.15) is 0 Å². The van der Waals surface area contributed by atoms with Gasteiger partial charge in [-0.3, -0.25) is 9.80 Å². The average molecular weight is 391 g/mol. The van der Waals surface area contributed by atoms with E-state index in [4.69, 9.17) is 4.84 Å². The van der Waals surface area contributed by atoms with Gasteiger partial charge in [-0.25, -0.2) is 14.3 Å². The lowest BCUT2D eigenvalue weighted by molar-refractivity contribution is 0.0233. The van der Waals surface area contributed by atoms with Crippen molar-refractivity contribution < 1.29 is 18.7 Å². The maximum Gasteiger partial charge on any atom is 0.123 e. The first kappa shape index (κ1) is 20.8. The van der Waals surface area contributed by atoms with E-state index in [-0.39, 0.29) is 17.7 Å². The van der Waals surface area contributed by atoms with E-state index in [1.807, 2.05) is 0 Å². The number of hydroxylamine groups is 1. The Labute approximate surface area is 164 Å². The van der Waals surface area contributed by atoms with Gasteiger partial charge in [-0.15, -0.1) is 0 Å². The van der Waals surface area contributed by atoms with Gasteiger partial charge in [0.05, 0.1) is 19.3 Å². The number of aliphatic hydroxyl groups excluding tert-OH is 1. The second kappa shape index (κ2) is 10.0. The summed E-state index contributed by atoms with van der Waals surface area (Å²) in [4.78, 5) is 9.30. The number of hydrogen-bond donors (Lipinski definition) is 2. The molecule has 7 heteroatoms. The standard InChI is InChI=1S/C21H27F2N3O2/c1-28-24-14-20(27)15-25-10-12-26(13-11-25)21(16-2-6-18(22)7-3-16)17-4-8-19(23)9-5-17/h2-9,20-21,24,27H,10-15H2,1H3. The fourth-order valence-corrected chi connectivity index (χ4v) is 3.65. The molecule has 1 atom stereocenters. The Morgan fingerprint density at radius 2 is 1.43 bits per heavy atom. The first-order valence-corrected chi connectivity index (χ1v) is 9.48. The molecule has 0 bridgehead atoms. The van der Waals surface area contributed by atoms with Crippen LogP contribution >= 0.6 is 0 Å². The van der Waals surface area contributed by atoms with Crippen LogP contribution in [0, 0.1) is 11.6 Å². The molecule has 0 aliphatic carbocycles. The molecule has 0 amide bonds. The summed E-state index contributed by atoms with van der Waals surface area (Å²) in [7, 11) is 1.52. The largest absolute Gasteiger partial charge is 0.390 e. The van der Waals surface area contributed by atoms with E-state index in [9.17, 15) is 13.9 Å². The number of nitrogens with one attached hydrogen (secondary N) is 1. The van der Waals surface area contributed by atoms with Gasteiger partial charge in [0.15, 0.2) is 0 Å². The van der Waals surface area contributed by atoms with Gasteiger partial charge in [-0.05, 0) is 35.4 Å². The van der Waals surface area contributed by atoms with Crippen LogP contribution in [-0.4, -0.2) is 67.4 Å². The quantitative estimate of drug-likeness (QED) is 0.676. The molecule has 2 N–H and O–H groups in total. The molecule has 2 aromatic carbocycles. The summed E-state index contributed by atoms with van der Waals surface area (Å²) < 4.78 is 26.8. The van der Waals surface area contributed by atoms with Crippen LogP contribution in [0.2, 0.25) is 0 Å². The Kier molecular flexibility index (Phi) is 7.47. The number of benzene rings is 2. The minimum absolute atomic E-state index is 0.0663. The molecule has 3 rings (SSSR count). The van der Waals surface area contributed by atoms with Crippen LogP contribution in [0.1, 0.15) is 17.2 Å². The Bertz CT molecular complexity index is 674. The summed E-state index contributed by atoms with van der Waals surface area (Å²) in [6.45, 7) is 4.16. The van der Waals surface area contributed by atoms with Crippen molar-refractivity contribution in [1.82, 2.24) is 15.3 Å². The van der Waals surface area contributed by atoms with Gasteiger partial charge in [-0.1, -0.05) is 24.3 Å². The first-order valence-electron chi connectivity index (χ1n) is 9.48. The van der Waals surface area contributed by atoms with Gasteiger partial charge >= 0.3 is 0 Å². The normalized spacial score (nSPS) is 17.2. The molecule has 0 saturated carbocycles. The zero-order chi connectivity index (χ0) is 19.9. The number of β-amino-alcohol motifs (C(OH)–C–C–N with tert-alkyl or cyclic N) is 1. The van der Waals surface area contributed by atoms with Crippen LogP contribution in [-0.2, 0) is 4.84 Å². The van der Waals surface area contributed by atoms with Gasteiger partial charge in [0.25, 0.3) is 0 Å². The molecule has 1 heterocycles. The van der Waals surface area contributed by atoms with Crippen LogP contribution in [0.3, 0.4) is 0 Å². The molecular weight excluding hydrogens is 364 g/mol. The smallest absolute Gasteiger partial charge is 0.123 e. The summed E-state index contributed by atoms with van der Waals surface area (Å²) in [5, 5.41) is 10.0. The Hall–Kier alpha value is -1.90. The van der Waals surface area contributed by atoms with Crippen molar-refractivity contribution in [1.29, 1.82) is 0 Å². The molecule has 1 saturated heterocycles. The number of nitrogens with zero attached hydrogens (tertiary/aromatic N) is 2. The number of halogens is 2. The zero-order valence-electron chi connectivity index (χ0n) is 16.0. The van der Waals surface area contributed by atoms with Crippen molar-refractivity contribution in [3.8, 4) is 0 Å². The van der Waals surface area contributed by atoms with Crippen molar-refractivity contribution in [2.75, 3.05) is 46.4 Å². The summed E-state index contributed by atoms with van der Waals surface area (Å²) in [5.74, 6) is -0.546. The minimum Gasteiger partial charge on any atom is -0.390 e. The van der Waals surface area contributed by atoms with E-state index in [1.54, 1.807) is 24.3 Å². The summed E-state index contributed by atoms with van der Waals surface area (Å²) in [6.07, 6.45) is -0.503. The van der Waals surface area contributed by atoms with Gasteiger partial charge in [0.2, 0.25) is 0 Å². The maximum atomic E-state index is 13.4. The topological polar surface area (TPSA) is 48.0 Å². The number of rotatable bonds is 8. The second-order valence-corrected chi connectivity index (χ2v) is 7.05. The first-order chi connectivity index (χ1) is 13.6. The highest BCUT2D eigenvalue weighted by Crippen LogP contribution is 2.30. The van der Waals surface area contributed by atoms with Gasteiger partial charge in [0, 0.05) is 39.3 Å². The zero-order valence-corrected chi connectivity index (χ0v) is 16.0. The highest BCUT2D eigenvalue weighted by molar-refractivity contribution is 5.32. The van der Waals surface area contributed by atoms with E-state index in [0.717, 1.165) is 37.3 Å². The van der Waals surface area contributed by atoms with E-state index in [2.05, 4.69) is 15.3 Å². The average Bonchev–Trinajstić information content (AvgIpc) is 2.71. The number of aliphatic hydroxyl groups is 1. The lowest BCUT2D eigenvalue weighted by Gasteiger charge is -2.40. The maximum absolute atomic E-state index is 13.4. The molecule has 28 heavy (non-hydrogen) atoms. The number of hydrogen-bond acceptors (Lipinski definition) is 5. The van der Waals surface area contributed by atoms with Gasteiger partial charge in [0.1, 0.15) is 11.6 Å². The third kappa shape index (κ3) is 5.56. The second-order valence-electron chi connectivity index (χ2n) is 7.05. The lowest BCUT2D eigenvalue weighted by Crippen LogP contribution is -2.50. The van der Waals surface area contributed by atoms with Crippen molar-refractivity contribution in [3.05, 3.63) is 71.3 Å². The van der Waals surface area contributed by atoms with E-state index in [1.165, 1.54) is 31.4 Å². The molecule has 1 unspecified atom stereocenters. The van der Waals surface area contributed by atoms with E-state index >= 15 is 0 Å². The SMILES string of the molecule is CONCC(O)CN1CCN(C(c2ccc(F)cc2)c2ccc(F)cc2)CC1. The Morgan fingerprint density at radius 3 is 1.89 bits per heavy atom. The third-order valence-corrected chi connectivity index (χ3v) is 5.08. The molecule has 0 radical (unpaired) electrons. The fourth-order valence-electron chi connectivity index (χ4n) is 3.65. The molecule has 1 aliphatic rings. The molecule has 1 fully saturated rings. The van der Waals surface area contributed by atoms with Crippen molar-refractivity contribution in [2.45, 2.75) is 12.1 Å². The third-order valence-electron chi connectivity index (χ3n) is 5.08. The Morgan fingerprint density at radius 1 is 0.929 bits per heavy atom. The van der Waals surface area contributed by atoms with E-state index < -0.39 is 6.10 Å². The summed E-state index contributed by atoms with van der Waals surface area (Å²) in [5.41, 5.74) is 4.62. The molecule has 0 aromatic heterocycles. The van der Waals surface area contributed by atoms with Crippen molar-refractivity contribution in [2.24, 2.45) is 0 Å². The molecule has 0 spiro atoms. The van der Waals surface area contributed by atoms with E-state index in [0.29, 0.717) is 13.1 Å². The van der Waals surface area contributed by atoms with Gasteiger partial charge < -0.3 is 9.94 Å². The summed E-state index contributed by atoms with van der Waals surface area (Å²) in [6, 6.07) is 12.9. The van der Waals surface area contributed by atoms with Crippen molar-refractivity contribution in [3.63, 3.8) is 0 Å². The molecule has 5 nitrogen and oxygen atoms in total. The van der Waals surface area contributed by atoms with Crippen LogP contribution in [0.4, 0.5) is 8.78 Å². The van der Waals surface area contributed by atoms with Crippen LogP contribution in [0.15, 0.2) is 48.5 Å². The highest BCUT2D eigenvalue weighted by atomic mass is 19.1. The van der Waals surface area contributed by atoms with Crippen LogP contribution < -0.4 is 5.48 Å². The molecule has 2 aromatic rings. The molecule has 152 valence electrons. The lowest BCUT2D eigenvalue weighted by atomic mass is 9.96. The van der Waals surface area contributed by atoms with Crippen LogP contribution in [0.25, 0.3) is 0 Å². The van der Waals surface area contributed by atoms with Crippen LogP contribution in [0.5, 0.6) is 0 Å².